The molecule has 3 saturated heterocycles. The number of hydrogen-bond donors (Lipinski definition) is 1. The number of amides is 1. The summed E-state index contributed by atoms with van der Waals surface area (Å²) in [5, 5.41) is 10.7. The summed E-state index contributed by atoms with van der Waals surface area (Å²) in [6.45, 7) is 3.89. The number of piperidine rings is 2. The number of rotatable bonds is 3. The molecule has 3 aliphatic rings. The highest BCUT2D eigenvalue weighted by Gasteiger charge is 2.47. The van der Waals surface area contributed by atoms with E-state index in [0.717, 1.165) is 45.4 Å². The van der Waals surface area contributed by atoms with Crippen molar-refractivity contribution in [3.05, 3.63) is 0 Å². The van der Waals surface area contributed by atoms with E-state index >= 15 is 0 Å². The second kappa shape index (κ2) is 8.02. The second-order valence-electron chi connectivity index (χ2n) is 8.01. The van der Waals surface area contributed by atoms with Crippen LogP contribution >= 0.6 is 0 Å². The molecule has 150 valence electrons. The average molecular weight is 378 g/mol. The van der Waals surface area contributed by atoms with Gasteiger partial charge in [-0.1, -0.05) is 0 Å². The third kappa shape index (κ3) is 4.70. The van der Waals surface area contributed by atoms with E-state index in [1.807, 2.05) is 0 Å². The SMILES string of the molecule is O=C(CCC(F)(F)F)N1CCC[C@]2(C1)CN(C1CCOCC1)CC[C@H]2O. The van der Waals surface area contributed by atoms with Crippen LogP contribution in [-0.4, -0.2) is 78.5 Å². The van der Waals surface area contributed by atoms with E-state index in [-0.39, 0.29) is 0 Å². The zero-order chi connectivity index (χ0) is 18.8. The molecule has 3 aliphatic heterocycles. The Balaban J connectivity index is 1.63. The molecule has 0 saturated carbocycles. The molecule has 1 N–H and O–H groups in total. The third-order valence-electron chi connectivity index (χ3n) is 6.21. The van der Waals surface area contributed by atoms with Crippen LogP contribution < -0.4 is 0 Å². The van der Waals surface area contributed by atoms with E-state index < -0.39 is 36.4 Å². The number of halogens is 3. The Kier molecular flexibility index (Phi) is 6.14. The highest BCUT2D eigenvalue weighted by Crippen LogP contribution is 2.40. The van der Waals surface area contributed by atoms with E-state index in [4.69, 9.17) is 4.74 Å². The fraction of sp³-hybridized carbons (Fsp3) is 0.944. The monoisotopic (exact) mass is 378 g/mol. The number of ether oxygens (including phenoxy) is 1. The maximum Gasteiger partial charge on any atom is 0.389 e. The summed E-state index contributed by atoms with van der Waals surface area (Å²) in [4.78, 5) is 16.2. The van der Waals surface area contributed by atoms with Gasteiger partial charge in [-0.2, -0.15) is 13.2 Å². The molecular weight excluding hydrogens is 349 g/mol. The predicted octanol–water partition coefficient (Wildman–Crippen LogP) is 2.18. The fourth-order valence-electron chi connectivity index (χ4n) is 4.73. The molecule has 2 atom stereocenters. The molecule has 8 heteroatoms. The lowest BCUT2D eigenvalue weighted by molar-refractivity contribution is -0.155. The van der Waals surface area contributed by atoms with Gasteiger partial charge in [0, 0.05) is 57.3 Å². The first-order valence-corrected chi connectivity index (χ1v) is 9.63. The number of alkyl halides is 3. The van der Waals surface area contributed by atoms with Crippen molar-refractivity contribution in [2.45, 2.75) is 63.3 Å². The Hall–Kier alpha value is -0.860. The van der Waals surface area contributed by atoms with Crippen LogP contribution in [0.3, 0.4) is 0 Å². The minimum Gasteiger partial charge on any atom is -0.392 e. The van der Waals surface area contributed by atoms with Crippen molar-refractivity contribution in [2.24, 2.45) is 5.41 Å². The first-order chi connectivity index (χ1) is 12.3. The molecule has 0 aromatic rings. The molecule has 0 aromatic carbocycles. The number of carbonyl (C=O) groups is 1. The smallest absolute Gasteiger partial charge is 0.389 e. The van der Waals surface area contributed by atoms with E-state index in [0.29, 0.717) is 32.1 Å². The number of aliphatic hydroxyl groups is 1. The van der Waals surface area contributed by atoms with Crippen molar-refractivity contribution in [3.63, 3.8) is 0 Å². The summed E-state index contributed by atoms with van der Waals surface area (Å²) in [7, 11) is 0. The van der Waals surface area contributed by atoms with Crippen molar-refractivity contribution >= 4 is 5.91 Å². The molecule has 0 bridgehead atoms. The van der Waals surface area contributed by atoms with Gasteiger partial charge in [0.05, 0.1) is 12.5 Å². The fourth-order valence-corrected chi connectivity index (χ4v) is 4.73. The summed E-state index contributed by atoms with van der Waals surface area (Å²) in [6.07, 6.45) is -2.24. The molecule has 3 fully saturated rings. The van der Waals surface area contributed by atoms with E-state index in [9.17, 15) is 23.1 Å². The lowest BCUT2D eigenvalue weighted by atomic mass is 9.71. The molecular formula is C18H29F3N2O3. The van der Waals surface area contributed by atoms with Gasteiger partial charge in [-0.3, -0.25) is 9.69 Å². The van der Waals surface area contributed by atoms with Crippen molar-refractivity contribution in [1.82, 2.24) is 9.80 Å². The Morgan fingerprint density at radius 3 is 2.58 bits per heavy atom. The largest absolute Gasteiger partial charge is 0.392 e. The molecule has 1 amide bonds. The lowest BCUT2D eigenvalue weighted by Crippen LogP contribution is -2.61. The molecule has 3 rings (SSSR count). The summed E-state index contributed by atoms with van der Waals surface area (Å²) < 4.78 is 42.7. The van der Waals surface area contributed by atoms with Crippen LogP contribution in [0.4, 0.5) is 13.2 Å². The molecule has 0 radical (unpaired) electrons. The molecule has 26 heavy (non-hydrogen) atoms. The standard InChI is InChI=1S/C18H29F3N2O3/c19-18(20,21)7-2-16(25)23-8-1-6-17(13-23)12-22(9-3-15(17)24)14-4-10-26-11-5-14/h14-15,24H,1-13H2/t15-,17-/m1/s1. The summed E-state index contributed by atoms with van der Waals surface area (Å²) >= 11 is 0. The number of likely N-dealkylation sites (tertiary alicyclic amines) is 2. The zero-order valence-corrected chi connectivity index (χ0v) is 15.1. The highest BCUT2D eigenvalue weighted by atomic mass is 19.4. The van der Waals surface area contributed by atoms with Gasteiger partial charge in [0.25, 0.3) is 0 Å². The maximum atomic E-state index is 12.4. The van der Waals surface area contributed by atoms with Crippen LogP contribution in [0.1, 0.15) is 44.9 Å². The Morgan fingerprint density at radius 2 is 1.88 bits per heavy atom. The van der Waals surface area contributed by atoms with Gasteiger partial charge in [0.2, 0.25) is 5.91 Å². The van der Waals surface area contributed by atoms with Crippen molar-refractivity contribution < 1.29 is 27.8 Å². The molecule has 0 unspecified atom stereocenters. The maximum absolute atomic E-state index is 12.4. The number of hydrogen-bond acceptors (Lipinski definition) is 4. The van der Waals surface area contributed by atoms with E-state index in [2.05, 4.69) is 4.90 Å². The van der Waals surface area contributed by atoms with Crippen molar-refractivity contribution in [1.29, 1.82) is 0 Å². The molecule has 0 aliphatic carbocycles. The first-order valence-electron chi connectivity index (χ1n) is 9.63. The van der Waals surface area contributed by atoms with Gasteiger partial charge in [-0.05, 0) is 32.1 Å². The topological polar surface area (TPSA) is 53.0 Å². The van der Waals surface area contributed by atoms with Crippen LogP contribution in [0, 0.1) is 5.41 Å². The Bertz CT molecular complexity index is 497. The van der Waals surface area contributed by atoms with Gasteiger partial charge >= 0.3 is 6.18 Å². The van der Waals surface area contributed by atoms with Gasteiger partial charge < -0.3 is 14.7 Å². The average Bonchev–Trinajstić information content (AvgIpc) is 2.62. The number of carbonyl (C=O) groups excluding carboxylic acids is 1. The third-order valence-corrected chi connectivity index (χ3v) is 6.21. The van der Waals surface area contributed by atoms with Gasteiger partial charge in [0.1, 0.15) is 0 Å². The lowest BCUT2D eigenvalue weighted by Gasteiger charge is -2.53. The highest BCUT2D eigenvalue weighted by molar-refractivity contribution is 5.76. The number of nitrogens with zero attached hydrogens (tertiary/aromatic N) is 2. The van der Waals surface area contributed by atoms with Crippen LogP contribution in [0.25, 0.3) is 0 Å². The minimum atomic E-state index is -4.31. The Morgan fingerprint density at radius 1 is 1.15 bits per heavy atom. The van der Waals surface area contributed by atoms with Gasteiger partial charge in [0.15, 0.2) is 0 Å². The van der Waals surface area contributed by atoms with Crippen LogP contribution in [-0.2, 0) is 9.53 Å². The van der Waals surface area contributed by atoms with Gasteiger partial charge in [-0.25, -0.2) is 0 Å². The van der Waals surface area contributed by atoms with Crippen molar-refractivity contribution in [3.8, 4) is 0 Å². The number of aliphatic hydroxyl groups excluding tert-OH is 1. The molecule has 5 nitrogen and oxygen atoms in total. The Labute approximate surface area is 152 Å². The van der Waals surface area contributed by atoms with Crippen molar-refractivity contribution in [2.75, 3.05) is 39.4 Å². The normalized spacial score (nSPS) is 32.2. The van der Waals surface area contributed by atoms with Crippen LogP contribution in [0.15, 0.2) is 0 Å². The van der Waals surface area contributed by atoms with Gasteiger partial charge in [-0.15, -0.1) is 0 Å². The summed E-state index contributed by atoms with van der Waals surface area (Å²) in [5.74, 6) is -0.447. The zero-order valence-electron chi connectivity index (χ0n) is 15.1. The molecule has 1 spiro atoms. The first kappa shape index (κ1) is 19.9. The quantitative estimate of drug-likeness (QED) is 0.818. The summed E-state index contributed by atoms with van der Waals surface area (Å²) in [5.41, 5.74) is -0.414. The van der Waals surface area contributed by atoms with E-state index in [1.54, 1.807) is 4.90 Å². The van der Waals surface area contributed by atoms with Crippen LogP contribution in [0.2, 0.25) is 0 Å². The van der Waals surface area contributed by atoms with Crippen LogP contribution in [0.5, 0.6) is 0 Å². The molecule has 0 aromatic heterocycles. The summed E-state index contributed by atoms with van der Waals surface area (Å²) in [6, 6.07) is 0.435. The van der Waals surface area contributed by atoms with E-state index in [1.165, 1.54) is 0 Å². The second-order valence-corrected chi connectivity index (χ2v) is 8.01. The predicted molar refractivity (Wildman–Crippen MR) is 89.6 cm³/mol. The molecule has 3 heterocycles. The minimum absolute atomic E-state index is 0.366.